The van der Waals surface area contributed by atoms with Crippen molar-refractivity contribution >= 4 is 22.7 Å². The zero-order valence-electron chi connectivity index (χ0n) is 26.5. The number of nitrogens with zero attached hydrogens (tertiary/aromatic N) is 2. The topological polar surface area (TPSA) is 84.4 Å². The van der Waals surface area contributed by atoms with Crippen molar-refractivity contribution in [1.29, 1.82) is 0 Å². The molecule has 4 aromatic rings. The Hall–Kier alpha value is -4.13. The number of nitrogens with two attached hydrogens (primary N) is 1. The summed E-state index contributed by atoms with van der Waals surface area (Å²) < 4.78 is 98.0. The van der Waals surface area contributed by atoms with Gasteiger partial charge in [0.1, 0.15) is 5.52 Å². The molecule has 6 nitrogen and oxygen atoms in total. The molecular weight excluding hydrogens is 641 g/mol. The van der Waals surface area contributed by atoms with Crippen LogP contribution in [0.4, 0.5) is 36.4 Å². The fraction of sp³-hybridized carbons (Fsp3) is 0.429. The number of likely N-dealkylation sites (tertiary alicyclic amines) is 1. The van der Waals surface area contributed by atoms with Crippen LogP contribution < -0.4 is 11.1 Å². The maximum absolute atomic E-state index is 14.1. The molecule has 2 heterocycles. The molecule has 1 fully saturated rings. The van der Waals surface area contributed by atoms with Crippen LogP contribution in [0.15, 0.2) is 71.1 Å². The van der Waals surface area contributed by atoms with Gasteiger partial charge >= 0.3 is 12.4 Å². The zero-order valence-corrected chi connectivity index (χ0v) is 26.5. The van der Waals surface area contributed by atoms with Gasteiger partial charge in [0, 0.05) is 40.8 Å². The predicted octanol–water partition coefficient (Wildman–Crippen LogP) is 8.58. The zero-order chi connectivity index (χ0) is 34.9. The number of fused-ring (bicyclic) bond motifs is 1. The van der Waals surface area contributed by atoms with Crippen LogP contribution in [0.1, 0.15) is 66.9 Å². The summed E-state index contributed by atoms with van der Waals surface area (Å²) in [5.74, 6) is 0.256. The summed E-state index contributed by atoms with van der Waals surface area (Å²) in [6, 6.07) is 19.9. The molecule has 1 aliphatic heterocycles. The summed E-state index contributed by atoms with van der Waals surface area (Å²) in [4.78, 5) is 19.6. The molecule has 1 aromatic heterocycles. The Kier molecular flexibility index (Phi) is 9.83. The van der Waals surface area contributed by atoms with E-state index in [9.17, 15) is 35.5 Å². The van der Waals surface area contributed by atoms with E-state index in [1.807, 2.05) is 50.2 Å². The van der Waals surface area contributed by atoms with Crippen LogP contribution in [0.25, 0.3) is 22.6 Å². The normalized spacial score (nSPS) is 16.0. The Morgan fingerprint density at radius 2 is 1.58 bits per heavy atom. The second-order valence-corrected chi connectivity index (χ2v) is 12.8. The van der Waals surface area contributed by atoms with Gasteiger partial charge in [-0.3, -0.25) is 4.79 Å². The molecule has 48 heavy (non-hydrogen) atoms. The number of halogens is 7. The van der Waals surface area contributed by atoms with Gasteiger partial charge in [0.25, 0.3) is 11.6 Å². The highest BCUT2D eigenvalue weighted by molar-refractivity contribution is 5.94. The number of nitrogen functional groups attached to an aromatic ring is 1. The van der Waals surface area contributed by atoms with Gasteiger partial charge in [-0.05, 0) is 86.8 Å². The molecule has 3 aromatic carbocycles. The standard InChI is InChI=1S/C35H37F7N4O2/c1-22(2)27-19-26(43)20-28-29(27)48-31(45-28)24-11-9-23(10-12-24)30(47)44-21-32(25-7-4-3-5-8-25)14-17-46(18-15-32)16-6-13-33(36,34(37,38)39)35(40,41)42/h3-5,7-12,19-20,22H,6,13-18,21,43H2,1-2H3,(H,44,47). The Bertz CT molecular complexity index is 1700. The first-order chi connectivity index (χ1) is 22.5. The third-order valence-corrected chi connectivity index (χ3v) is 9.24. The third-order valence-electron chi connectivity index (χ3n) is 9.24. The van der Waals surface area contributed by atoms with Crippen LogP contribution in [0, 0.1) is 0 Å². The Labute approximate surface area is 273 Å². The van der Waals surface area contributed by atoms with E-state index in [1.54, 1.807) is 35.2 Å². The molecule has 0 bridgehead atoms. The van der Waals surface area contributed by atoms with Crippen LogP contribution in [0.3, 0.4) is 0 Å². The maximum Gasteiger partial charge on any atom is 0.431 e. The van der Waals surface area contributed by atoms with Crippen LogP contribution >= 0.6 is 0 Å². The number of hydrogen-bond donors (Lipinski definition) is 2. The lowest BCUT2D eigenvalue weighted by Crippen LogP contribution is -2.53. The van der Waals surface area contributed by atoms with E-state index in [0.717, 1.165) is 11.1 Å². The van der Waals surface area contributed by atoms with Gasteiger partial charge < -0.3 is 20.4 Å². The van der Waals surface area contributed by atoms with Crippen molar-refractivity contribution in [2.75, 3.05) is 31.9 Å². The van der Waals surface area contributed by atoms with E-state index in [1.165, 1.54) is 0 Å². The highest BCUT2D eigenvalue weighted by Crippen LogP contribution is 2.49. The molecule has 0 aliphatic carbocycles. The summed E-state index contributed by atoms with van der Waals surface area (Å²) in [6.45, 7) is 4.92. The highest BCUT2D eigenvalue weighted by Gasteiger charge is 2.71. The van der Waals surface area contributed by atoms with Crippen molar-refractivity contribution in [2.24, 2.45) is 0 Å². The average molecular weight is 679 g/mol. The van der Waals surface area contributed by atoms with Gasteiger partial charge in [-0.1, -0.05) is 44.2 Å². The molecule has 1 aliphatic rings. The number of anilines is 1. The number of hydrogen-bond acceptors (Lipinski definition) is 5. The van der Waals surface area contributed by atoms with E-state index >= 15 is 0 Å². The monoisotopic (exact) mass is 678 g/mol. The number of piperidine rings is 1. The molecule has 1 saturated heterocycles. The number of carbonyl (C=O) groups excluding carboxylic acids is 1. The van der Waals surface area contributed by atoms with E-state index in [-0.39, 0.29) is 24.9 Å². The van der Waals surface area contributed by atoms with Crippen LogP contribution in [-0.2, 0) is 5.41 Å². The van der Waals surface area contributed by atoms with E-state index in [2.05, 4.69) is 10.3 Å². The minimum atomic E-state index is -6.05. The number of rotatable bonds is 10. The number of carbonyl (C=O) groups is 1. The van der Waals surface area contributed by atoms with E-state index in [4.69, 9.17) is 10.2 Å². The van der Waals surface area contributed by atoms with Crippen LogP contribution in [0.2, 0.25) is 0 Å². The molecule has 1 amide bonds. The number of nitrogens with one attached hydrogen (secondary N) is 1. The predicted molar refractivity (Wildman–Crippen MR) is 169 cm³/mol. The molecule has 13 heteroatoms. The van der Waals surface area contributed by atoms with E-state index in [0.29, 0.717) is 59.7 Å². The quantitative estimate of drug-likeness (QED) is 0.130. The maximum atomic E-state index is 14.1. The molecule has 258 valence electrons. The van der Waals surface area contributed by atoms with E-state index < -0.39 is 36.3 Å². The second kappa shape index (κ2) is 13.4. The SMILES string of the molecule is CC(C)c1cc(N)cc2nc(-c3ccc(C(=O)NCC4(c5ccccc5)CCN(CCCC(F)(C(F)(F)F)C(F)(F)F)CC4)cc3)oc12. The summed E-state index contributed by atoms with van der Waals surface area (Å²) >= 11 is 0. The minimum absolute atomic E-state index is 0.117. The summed E-state index contributed by atoms with van der Waals surface area (Å²) in [6.07, 6.45) is -13.4. The van der Waals surface area contributed by atoms with Crippen molar-refractivity contribution in [1.82, 2.24) is 15.2 Å². The Morgan fingerprint density at radius 1 is 0.958 bits per heavy atom. The molecule has 5 rings (SSSR count). The number of benzene rings is 3. The van der Waals surface area contributed by atoms with Crippen molar-refractivity contribution in [2.45, 2.75) is 68.9 Å². The van der Waals surface area contributed by atoms with Gasteiger partial charge in [0.15, 0.2) is 5.58 Å². The lowest BCUT2D eigenvalue weighted by atomic mass is 9.72. The molecule has 0 spiro atoms. The van der Waals surface area contributed by atoms with Crippen molar-refractivity contribution in [3.63, 3.8) is 0 Å². The third kappa shape index (κ3) is 7.15. The Morgan fingerprint density at radius 3 is 2.17 bits per heavy atom. The van der Waals surface area contributed by atoms with Crippen molar-refractivity contribution < 1.29 is 39.9 Å². The largest absolute Gasteiger partial charge is 0.436 e. The number of amides is 1. The fourth-order valence-corrected chi connectivity index (χ4v) is 6.30. The second-order valence-electron chi connectivity index (χ2n) is 12.8. The number of aromatic nitrogens is 1. The van der Waals surface area contributed by atoms with Crippen molar-refractivity contribution in [3.8, 4) is 11.5 Å². The molecular formula is C35H37F7N4O2. The lowest BCUT2D eigenvalue weighted by molar-refractivity contribution is -0.343. The highest BCUT2D eigenvalue weighted by atomic mass is 19.4. The van der Waals surface area contributed by atoms with Crippen LogP contribution in [-0.4, -0.2) is 60.0 Å². The van der Waals surface area contributed by atoms with Gasteiger partial charge in [-0.15, -0.1) is 0 Å². The summed E-state index contributed by atoms with van der Waals surface area (Å²) in [5.41, 5.74) is 5.16. The first-order valence-electron chi connectivity index (χ1n) is 15.7. The number of alkyl halides is 7. The van der Waals surface area contributed by atoms with Gasteiger partial charge in [-0.2, -0.15) is 26.3 Å². The smallest absolute Gasteiger partial charge is 0.431 e. The van der Waals surface area contributed by atoms with Gasteiger partial charge in [0.05, 0.1) is 0 Å². The minimum Gasteiger partial charge on any atom is -0.436 e. The first kappa shape index (κ1) is 35.2. The average Bonchev–Trinajstić information content (AvgIpc) is 3.47. The van der Waals surface area contributed by atoms with Crippen LogP contribution in [0.5, 0.6) is 0 Å². The van der Waals surface area contributed by atoms with Crippen molar-refractivity contribution in [3.05, 3.63) is 83.4 Å². The molecule has 0 radical (unpaired) electrons. The molecule has 0 saturated carbocycles. The Balaban J connectivity index is 1.23. The molecule has 3 N–H and O–H groups in total. The first-order valence-corrected chi connectivity index (χ1v) is 15.7. The van der Waals surface area contributed by atoms with Gasteiger partial charge in [0.2, 0.25) is 5.89 Å². The summed E-state index contributed by atoms with van der Waals surface area (Å²) in [7, 11) is 0. The number of oxazole rings is 1. The van der Waals surface area contributed by atoms with Gasteiger partial charge in [-0.25, -0.2) is 9.37 Å². The molecule has 0 unspecified atom stereocenters. The summed E-state index contributed by atoms with van der Waals surface area (Å²) in [5, 5.41) is 3.02. The fourth-order valence-electron chi connectivity index (χ4n) is 6.30. The molecule has 0 atom stereocenters. The lowest BCUT2D eigenvalue weighted by Gasteiger charge is -2.42.